The molecule has 0 bridgehead atoms. The molecule has 0 saturated heterocycles. The van der Waals surface area contributed by atoms with Gasteiger partial charge in [-0.3, -0.25) is 4.79 Å². The van der Waals surface area contributed by atoms with Crippen molar-refractivity contribution in [3.8, 4) is 0 Å². The van der Waals surface area contributed by atoms with Crippen LogP contribution in [0.3, 0.4) is 0 Å². The van der Waals surface area contributed by atoms with Crippen LogP contribution in [0.5, 0.6) is 0 Å². The molecule has 0 amide bonds. The van der Waals surface area contributed by atoms with Crippen LogP contribution >= 0.6 is 11.8 Å². The first-order valence-corrected chi connectivity index (χ1v) is 5.40. The van der Waals surface area contributed by atoms with Crippen LogP contribution in [0.1, 0.15) is 13.8 Å². The highest BCUT2D eigenvalue weighted by Crippen LogP contribution is 2.09. The predicted molar refractivity (Wildman–Crippen MR) is 53.3 cm³/mol. The zero-order valence-electron chi connectivity index (χ0n) is 8.03. The summed E-state index contributed by atoms with van der Waals surface area (Å²) in [5.74, 6) is 0.770. The van der Waals surface area contributed by atoms with Gasteiger partial charge in [-0.2, -0.15) is 0 Å². The van der Waals surface area contributed by atoms with Gasteiger partial charge >= 0.3 is 5.97 Å². The molecule has 0 aromatic carbocycles. The fourth-order valence-electron chi connectivity index (χ4n) is 0.629. The lowest BCUT2D eigenvalue weighted by molar-refractivity contribution is -0.139. The number of rotatable bonds is 6. The molecule has 4 nitrogen and oxygen atoms in total. The van der Waals surface area contributed by atoms with Gasteiger partial charge in [-0.1, -0.05) is 6.92 Å². The van der Waals surface area contributed by atoms with E-state index in [0.717, 1.165) is 0 Å². The van der Waals surface area contributed by atoms with E-state index in [2.05, 4.69) is 0 Å². The average Bonchev–Trinajstić information content (AvgIpc) is 2.04. The molecule has 0 spiro atoms. The Morgan fingerprint density at radius 2 is 2.31 bits per heavy atom. The van der Waals surface area contributed by atoms with Crippen LogP contribution in [0, 0.1) is 5.92 Å². The maximum Gasteiger partial charge on any atom is 0.315 e. The standard InChI is InChI=1S/C8H17NO3S/c1-3-12-7(10)5-13-4-6(2)8(9)11/h6,8,11H,3-5,9H2,1-2H3. The zero-order valence-corrected chi connectivity index (χ0v) is 8.84. The van der Waals surface area contributed by atoms with Crippen molar-refractivity contribution in [2.24, 2.45) is 11.7 Å². The summed E-state index contributed by atoms with van der Waals surface area (Å²) in [5.41, 5.74) is 5.24. The number of aliphatic hydroxyl groups is 1. The first kappa shape index (κ1) is 12.7. The molecule has 0 aromatic heterocycles. The van der Waals surface area contributed by atoms with Crippen LogP contribution in [0.2, 0.25) is 0 Å². The molecule has 0 aliphatic carbocycles. The van der Waals surface area contributed by atoms with E-state index in [1.165, 1.54) is 11.8 Å². The highest BCUT2D eigenvalue weighted by Gasteiger charge is 2.10. The van der Waals surface area contributed by atoms with Crippen molar-refractivity contribution < 1.29 is 14.6 Å². The second-order valence-electron chi connectivity index (χ2n) is 2.79. The van der Waals surface area contributed by atoms with Gasteiger partial charge < -0.3 is 15.6 Å². The van der Waals surface area contributed by atoms with Gasteiger partial charge in [0.05, 0.1) is 12.4 Å². The fourth-order valence-corrected chi connectivity index (χ4v) is 1.57. The second kappa shape index (κ2) is 7.17. The summed E-state index contributed by atoms with van der Waals surface area (Å²) in [5, 5.41) is 8.94. The Morgan fingerprint density at radius 3 is 2.77 bits per heavy atom. The van der Waals surface area contributed by atoms with Gasteiger partial charge in [0.25, 0.3) is 0 Å². The highest BCUT2D eigenvalue weighted by atomic mass is 32.2. The van der Waals surface area contributed by atoms with Gasteiger partial charge in [-0.05, 0) is 6.92 Å². The molecule has 2 unspecified atom stereocenters. The van der Waals surface area contributed by atoms with Crippen molar-refractivity contribution in [1.82, 2.24) is 0 Å². The first-order valence-electron chi connectivity index (χ1n) is 4.25. The molecular weight excluding hydrogens is 190 g/mol. The van der Waals surface area contributed by atoms with E-state index in [4.69, 9.17) is 15.6 Å². The predicted octanol–water partition coefficient (Wildman–Crippen LogP) is 0.196. The number of hydrogen-bond acceptors (Lipinski definition) is 5. The Hall–Kier alpha value is -0.260. The molecule has 3 N–H and O–H groups in total. The molecule has 0 aliphatic heterocycles. The summed E-state index contributed by atoms with van der Waals surface area (Å²) < 4.78 is 4.73. The van der Waals surface area contributed by atoms with E-state index in [0.29, 0.717) is 18.1 Å². The maximum absolute atomic E-state index is 10.9. The van der Waals surface area contributed by atoms with E-state index in [-0.39, 0.29) is 11.9 Å². The summed E-state index contributed by atoms with van der Waals surface area (Å²) in [6, 6.07) is 0. The number of aliphatic hydroxyl groups excluding tert-OH is 1. The number of thioether (sulfide) groups is 1. The number of hydrogen-bond donors (Lipinski definition) is 2. The lowest BCUT2D eigenvalue weighted by Crippen LogP contribution is -2.29. The lowest BCUT2D eigenvalue weighted by atomic mass is 10.2. The highest BCUT2D eigenvalue weighted by molar-refractivity contribution is 7.99. The van der Waals surface area contributed by atoms with Crippen LogP contribution < -0.4 is 5.73 Å². The van der Waals surface area contributed by atoms with Crippen molar-refractivity contribution in [3.63, 3.8) is 0 Å². The van der Waals surface area contributed by atoms with Crippen molar-refractivity contribution in [2.45, 2.75) is 20.1 Å². The normalized spacial score (nSPS) is 15.1. The monoisotopic (exact) mass is 207 g/mol. The van der Waals surface area contributed by atoms with Gasteiger partial charge in [-0.25, -0.2) is 0 Å². The van der Waals surface area contributed by atoms with E-state index in [9.17, 15) is 4.79 Å². The van der Waals surface area contributed by atoms with Gasteiger partial charge in [-0.15, -0.1) is 11.8 Å². The maximum atomic E-state index is 10.9. The molecule has 0 aliphatic rings. The Kier molecular flexibility index (Phi) is 7.03. The van der Waals surface area contributed by atoms with Crippen LogP contribution in [0.4, 0.5) is 0 Å². The Labute approximate surface area is 82.8 Å². The van der Waals surface area contributed by atoms with E-state index >= 15 is 0 Å². The van der Waals surface area contributed by atoms with Crippen molar-refractivity contribution in [3.05, 3.63) is 0 Å². The largest absolute Gasteiger partial charge is 0.465 e. The average molecular weight is 207 g/mol. The minimum atomic E-state index is -0.810. The quantitative estimate of drug-likeness (QED) is 0.481. The van der Waals surface area contributed by atoms with E-state index in [1.54, 1.807) is 6.92 Å². The third kappa shape index (κ3) is 6.86. The molecular formula is C8H17NO3S. The van der Waals surface area contributed by atoms with Crippen molar-refractivity contribution in [1.29, 1.82) is 0 Å². The summed E-state index contributed by atoms with van der Waals surface area (Å²) >= 11 is 1.42. The van der Waals surface area contributed by atoms with E-state index in [1.807, 2.05) is 6.92 Å². The molecule has 0 radical (unpaired) electrons. The second-order valence-corrected chi connectivity index (χ2v) is 3.82. The summed E-state index contributed by atoms with van der Waals surface area (Å²) in [4.78, 5) is 10.9. The topological polar surface area (TPSA) is 72.5 Å². The Balaban J connectivity index is 3.39. The number of ether oxygens (including phenoxy) is 1. The summed E-state index contributed by atoms with van der Waals surface area (Å²) in [6.45, 7) is 4.02. The van der Waals surface area contributed by atoms with Crippen LogP contribution in [-0.2, 0) is 9.53 Å². The molecule has 5 heteroatoms. The Bertz CT molecular complexity index is 152. The molecule has 13 heavy (non-hydrogen) atoms. The Morgan fingerprint density at radius 1 is 1.69 bits per heavy atom. The number of nitrogens with two attached hydrogens (primary N) is 1. The van der Waals surface area contributed by atoms with Crippen LogP contribution in [0.25, 0.3) is 0 Å². The van der Waals surface area contributed by atoms with Gasteiger partial charge in [0, 0.05) is 11.7 Å². The first-order chi connectivity index (χ1) is 6.07. The minimum absolute atomic E-state index is 0.000531. The SMILES string of the molecule is CCOC(=O)CSCC(C)C(N)O. The third-order valence-electron chi connectivity index (χ3n) is 1.49. The lowest BCUT2D eigenvalue weighted by Gasteiger charge is -2.13. The molecule has 2 atom stereocenters. The van der Waals surface area contributed by atoms with Crippen molar-refractivity contribution in [2.75, 3.05) is 18.1 Å². The molecule has 0 heterocycles. The zero-order chi connectivity index (χ0) is 10.3. The fraction of sp³-hybridized carbons (Fsp3) is 0.875. The van der Waals surface area contributed by atoms with Gasteiger partial charge in [0.15, 0.2) is 0 Å². The molecule has 0 saturated carbocycles. The van der Waals surface area contributed by atoms with Crippen molar-refractivity contribution >= 4 is 17.7 Å². The van der Waals surface area contributed by atoms with Crippen LogP contribution in [-0.4, -0.2) is 35.4 Å². The smallest absolute Gasteiger partial charge is 0.315 e. The summed E-state index contributed by atoms with van der Waals surface area (Å²) in [6.07, 6.45) is -0.810. The van der Waals surface area contributed by atoms with Gasteiger partial charge in [0.2, 0.25) is 0 Å². The molecule has 78 valence electrons. The van der Waals surface area contributed by atoms with Crippen LogP contribution in [0.15, 0.2) is 0 Å². The summed E-state index contributed by atoms with van der Waals surface area (Å²) in [7, 11) is 0. The third-order valence-corrected chi connectivity index (χ3v) is 2.69. The van der Waals surface area contributed by atoms with Gasteiger partial charge in [0.1, 0.15) is 6.23 Å². The molecule has 0 rings (SSSR count). The molecule has 0 fully saturated rings. The number of carbonyl (C=O) groups excluding carboxylic acids is 1. The minimum Gasteiger partial charge on any atom is -0.465 e. The molecule has 0 aromatic rings. The number of esters is 1. The van der Waals surface area contributed by atoms with E-state index < -0.39 is 6.23 Å². The number of carbonyl (C=O) groups is 1.